The van der Waals surface area contributed by atoms with Crippen LogP contribution in [-0.4, -0.2) is 19.0 Å². The molecule has 0 radical (unpaired) electrons. The molecule has 4 heteroatoms. The van der Waals surface area contributed by atoms with E-state index in [-0.39, 0.29) is 11.8 Å². The van der Waals surface area contributed by atoms with Crippen molar-refractivity contribution >= 4 is 27.5 Å². The summed E-state index contributed by atoms with van der Waals surface area (Å²) in [6.07, 6.45) is 2.05. The van der Waals surface area contributed by atoms with Crippen molar-refractivity contribution in [1.29, 1.82) is 0 Å². The number of carbonyl (C=O) groups is 1. The molecule has 17 heavy (non-hydrogen) atoms. The van der Waals surface area contributed by atoms with Gasteiger partial charge in [0.2, 0.25) is 5.91 Å². The number of halogens is 1. The normalized spacial score (nSPS) is 20.0. The number of hydrogen-bond donors (Lipinski definition) is 2. The molecule has 1 atom stereocenters. The van der Waals surface area contributed by atoms with Crippen molar-refractivity contribution in [2.75, 3.05) is 18.4 Å². The van der Waals surface area contributed by atoms with E-state index in [2.05, 4.69) is 26.6 Å². The molecule has 1 aliphatic heterocycles. The fraction of sp³-hybridized carbons (Fsp3) is 0.462. The first-order valence-electron chi connectivity index (χ1n) is 5.94. The van der Waals surface area contributed by atoms with E-state index in [0.29, 0.717) is 0 Å². The van der Waals surface area contributed by atoms with Gasteiger partial charge in [0, 0.05) is 11.0 Å². The van der Waals surface area contributed by atoms with Crippen molar-refractivity contribution in [2.24, 2.45) is 5.92 Å². The van der Waals surface area contributed by atoms with Gasteiger partial charge in [-0.15, -0.1) is 0 Å². The number of anilines is 1. The summed E-state index contributed by atoms with van der Waals surface area (Å²) in [5.41, 5.74) is 2.01. The molecule has 1 aromatic carbocycles. The zero-order chi connectivity index (χ0) is 12.3. The summed E-state index contributed by atoms with van der Waals surface area (Å²) in [6.45, 7) is 3.83. The molecule has 1 heterocycles. The molecule has 0 bridgehead atoms. The molecule has 1 amide bonds. The van der Waals surface area contributed by atoms with Crippen LogP contribution in [0.2, 0.25) is 0 Å². The van der Waals surface area contributed by atoms with Crippen molar-refractivity contribution < 1.29 is 4.79 Å². The predicted molar refractivity (Wildman–Crippen MR) is 73.1 cm³/mol. The highest BCUT2D eigenvalue weighted by Gasteiger charge is 2.21. The second-order valence-corrected chi connectivity index (χ2v) is 5.37. The van der Waals surface area contributed by atoms with Crippen LogP contribution < -0.4 is 10.6 Å². The highest BCUT2D eigenvalue weighted by Crippen LogP contribution is 2.24. The van der Waals surface area contributed by atoms with Crippen molar-refractivity contribution in [3.8, 4) is 0 Å². The van der Waals surface area contributed by atoms with Gasteiger partial charge in [-0.2, -0.15) is 0 Å². The van der Waals surface area contributed by atoms with E-state index in [1.54, 1.807) is 0 Å². The molecule has 3 nitrogen and oxygen atoms in total. The van der Waals surface area contributed by atoms with Crippen molar-refractivity contribution in [2.45, 2.75) is 19.8 Å². The Morgan fingerprint density at radius 3 is 3.06 bits per heavy atom. The molecular weight excluding hydrogens is 280 g/mol. The van der Waals surface area contributed by atoms with Crippen molar-refractivity contribution in [3.63, 3.8) is 0 Å². The Bertz CT molecular complexity index is 414. The molecule has 1 aromatic rings. The van der Waals surface area contributed by atoms with E-state index in [9.17, 15) is 4.79 Å². The first-order chi connectivity index (χ1) is 8.16. The first kappa shape index (κ1) is 12.6. The zero-order valence-electron chi connectivity index (χ0n) is 9.92. The number of piperidine rings is 1. The van der Waals surface area contributed by atoms with Gasteiger partial charge in [-0.3, -0.25) is 4.79 Å². The van der Waals surface area contributed by atoms with Crippen LogP contribution in [0.3, 0.4) is 0 Å². The van der Waals surface area contributed by atoms with Gasteiger partial charge in [-0.05, 0) is 59.9 Å². The van der Waals surface area contributed by atoms with Crippen LogP contribution in [0.15, 0.2) is 22.7 Å². The second kappa shape index (κ2) is 5.65. The lowest BCUT2D eigenvalue weighted by molar-refractivity contribution is -0.120. The summed E-state index contributed by atoms with van der Waals surface area (Å²) in [6, 6.07) is 5.96. The molecule has 0 spiro atoms. The van der Waals surface area contributed by atoms with Crippen molar-refractivity contribution in [3.05, 3.63) is 28.2 Å². The maximum Gasteiger partial charge on any atom is 0.228 e. The number of carbonyl (C=O) groups excluding carboxylic acids is 1. The van der Waals surface area contributed by atoms with Crippen LogP contribution in [0, 0.1) is 12.8 Å². The van der Waals surface area contributed by atoms with E-state index in [1.807, 2.05) is 25.1 Å². The SMILES string of the molecule is Cc1ccc(Br)c(NC(=O)[C@H]2CCCNC2)c1. The van der Waals surface area contributed by atoms with Crippen LogP contribution in [0.5, 0.6) is 0 Å². The maximum absolute atomic E-state index is 12.1. The monoisotopic (exact) mass is 296 g/mol. The third-order valence-corrected chi connectivity index (χ3v) is 3.74. The molecule has 1 aliphatic rings. The lowest BCUT2D eigenvalue weighted by Gasteiger charge is -2.22. The molecule has 1 saturated heterocycles. The largest absolute Gasteiger partial charge is 0.325 e. The fourth-order valence-corrected chi connectivity index (χ4v) is 2.39. The molecule has 2 N–H and O–H groups in total. The smallest absolute Gasteiger partial charge is 0.228 e. The highest BCUT2D eigenvalue weighted by molar-refractivity contribution is 9.10. The Labute approximate surface area is 110 Å². The minimum absolute atomic E-state index is 0.0937. The van der Waals surface area contributed by atoms with Gasteiger partial charge < -0.3 is 10.6 Å². The summed E-state index contributed by atoms with van der Waals surface area (Å²) in [7, 11) is 0. The van der Waals surface area contributed by atoms with Gasteiger partial charge in [-0.25, -0.2) is 0 Å². The molecule has 92 valence electrons. The van der Waals surface area contributed by atoms with Gasteiger partial charge in [-0.1, -0.05) is 6.07 Å². The van der Waals surface area contributed by atoms with Crippen LogP contribution in [0.4, 0.5) is 5.69 Å². The number of amides is 1. The topological polar surface area (TPSA) is 41.1 Å². The molecule has 2 rings (SSSR count). The van der Waals surface area contributed by atoms with Gasteiger partial charge in [0.05, 0.1) is 11.6 Å². The number of nitrogens with one attached hydrogen (secondary N) is 2. The quantitative estimate of drug-likeness (QED) is 0.881. The minimum Gasteiger partial charge on any atom is -0.325 e. The Morgan fingerprint density at radius 1 is 1.53 bits per heavy atom. The summed E-state index contributed by atoms with van der Waals surface area (Å²) in [4.78, 5) is 12.1. The van der Waals surface area contributed by atoms with E-state index < -0.39 is 0 Å². The van der Waals surface area contributed by atoms with E-state index in [0.717, 1.165) is 41.7 Å². The third kappa shape index (κ3) is 3.30. The zero-order valence-corrected chi connectivity index (χ0v) is 11.5. The molecule has 0 saturated carbocycles. The number of hydrogen-bond acceptors (Lipinski definition) is 2. The predicted octanol–water partition coefficient (Wildman–Crippen LogP) is 2.70. The third-order valence-electron chi connectivity index (χ3n) is 3.05. The Balaban J connectivity index is 2.04. The van der Waals surface area contributed by atoms with E-state index in [1.165, 1.54) is 0 Å². The minimum atomic E-state index is 0.0937. The Kier molecular flexibility index (Phi) is 4.18. The van der Waals surface area contributed by atoms with Gasteiger partial charge >= 0.3 is 0 Å². The van der Waals surface area contributed by atoms with E-state index >= 15 is 0 Å². The van der Waals surface area contributed by atoms with Gasteiger partial charge in [0.25, 0.3) is 0 Å². The van der Waals surface area contributed by atoms with E-state index in [4.69, 9.17) is 0 Å². The first-order valence-corrected chi connectivity index (χ1v) is 6.74. The Morgan fingerprint density at radius 2 is 2.35 bits per heavy atom. The Hall–Kier alpha value is -0.870. The lowest BCUT2D eigenvalue weighted by Crippen LogP contribution is -2.37. The highest BCUT2D eigenvalue weighted by atomic mass is 79.9. The lowest BCUT2D eigenvalue weighted by atomic mass is 9.99. The van der Waals surface area contributed by atoms with Crippen LogP contribution in [0.25, 0.3) is 0 Å². The number of benzene rings is 1. The summed E-state index contributed by atoms with van der Waals surface area (Å²) < 4.78 is 0.931. The molecular formula is C13H17BrN2O. The number of rotatable bonds is 2. The van der Waals surface area contributed by atoms with Crippen molar-refractivity contribution in [1.82, 2.24) is 5.32 Å². The van der Waals surface area contributed by atoms with Crippen LogP contribution >= 0.6 is 15.9 Å². The number of aryl methyl sites for hydroxylation is 1. The summed E-state index contributed by atoms with van der Waals surface area (Å²) in [5.74, 6) is 0.208. The van der Waals surface area contributed by atoms with Gasteiger partial charge in [0.1, 0.15) is 0 Å². The standard InChI is InChI=1S/C13H17BrN2O/c1-9-4-5-11(14)12(7-9)16-13(17)10-3-2-6-15-8-10/h4-5,7,10,15H,2-3,6,8H2,1H3,(H,16,17)/t10-/m0/s1. The second-order valence-electron chi connectivity index (χ2n) is 4.52. The molecule has 0 unspecified atom stereocenters. The van der Waals surface area contributed by atoms with Gasteiger partial charge in [0.15, 0.2) is 0 Å². The average Bonchev–Trinajstić information content (AvgIpc) is 2.35. The van der Waals surface area contributed by atoms with Crippen LogP contribution in [0.1, 0.15) is 18.4 Å². The molecule has 0 aromatic heterocycles. The molecule has 1 fully saturated rings. The fourth-order valence-electron chi connectivity index (χ4n) is 2.05. The summed E-state index contributed by atoms with van der Waals surface area (Å²) in [5, 5.41) is 6.25. The van der Waals surface area contributed by atoms with Crippen LogP contribution in [-0.2, 0) is 4.79 Å². The summed E-state index contributed by atoms with van der Waals surface area (Å²) >= 11 is 3.45. The molecule has 0 aliphatic carbocycles. The average molecular weight is 297 g/mol. The maximum atomic E-state index is 12.1.